The molecule has 0 saturated carbocycles. The molecule has 0 amide bonds. The molecule has 1 rings (SSSR count). The smallest absolute Gasteiger partial charge is 0.345 e. The van der Waals surface area contributed by atoms with Crippen molar-refractivity contribution in [3.8, 4) is 0 Å². The number of Topliss-reactive ketones (excluding diaryl/α,β-unsaturated/α-hetero) is 1. The maximum atomic E-state index is 13.6. The van der Waals surface area contributed by atoms with Crippen LogP contribution in [0.25, 0.3) is 0 Å². The van der Waals surface area contributed by atoms with E-state index in [2.05, 4.69) is 0 Å². The van der Waals surface area contributed by atoms with Crippen LogP contribution in [0.5, 0.6) is 0 Å². The number of hydrogen-bond donors (Lipinski definition) is 0. The first-order valence-corrected chi connectivity index (χ1v) is 5.99. The Hall–Kier alpha value is -2.24. The highest BCUT2D eigenvalue weighted by Crippen LogP contribution is 2.15. The van der Waals surface area contributed by atoms with Crippen molar-refractivity contribution in [1.29, 1.82) is 0 Å². The quantitative estimate of drug-likeness (QED) is 0.201. The number of carbonyl (C=O) groups excluding carboxylic acids is 2. The lowest BCUT2D eigenvalue weighted by Crippen LogP contribution is -2.18. The highest BCUT2D eigenvalue weighted by Gasteiger charge is 2.24. The molecule has 0 aliphatic rings. The van der Waals surface area contributed by atoms with Crippen molar-refractivity contribution in [3.63, 3.8) is 0 Å². The third-order valence-corrected chi connectivity index (χ3v) is 2.28. The fourth-order valence-corrected chi connectivity index (χ4v) is 1.39. The van der Waals surface area contributed by atoms with Crippen LogP contribution in [0.1, 0.15) is 24.2 Å². The van der Waals surface area contributed by atoms with E-state index in [4.69, 9.17) is 9.47 Å². The molecular formula is C14H14F2O4. The number of hydrogen-bond acceptors (Lipinski definition) is 4. The van der Waals surface area contributed by atoms with E-state index in [0.717, 1.165) is 18.4 Å². The molecule has 20 heavy (non-hydrogen) atoms. The Morgan fingerprint density at radius 1 is 1.20 bits per heavy atom. The van der Waals surface area contributed by atoms with Gasteiger partial charge in [-0.05, 0) is 26.0 Å². The lowest BCUT2D eigenvalue weighted by molar-refractivity contribution is -0.138. The lowest BCUT2D eigenvalue weighted by Gasteiger charge is -2.07. The Morgan fingerprint density at radius 2 is 1.90 bits per heavy atom. The Morgan fingerprint density at radius 3 is 2.45 bits per heavy atom. The summed E-state index contributed by atoms with van der Waals surface area (Å²) in [5.41, 5.74) is -0.871. The molecule has 0 fully saturated rings. The molecule has 0 aromatic heterocycles. The largest absolute Gasteiger partial charge is 0.500 e. The SMILES string of the molecule is CCO/C=C(\C(=O)OCC)C(=O)c1ccc(F)cc1F. The number of ether oxygens (including phenoxy) is 2. The summed E-state index contributed by atoms with van der Waals surface area (Å²) in [6.45, 7) is 3.50. The van der Waals surface area contributed by atoms with E-state index in [9.17, 15) is 18.4 Å². The van der Waals surface area contributed by atoms with Crippen molar-refractivity contribution < 1.29 is 27.8 Å². The topological polar surface area (TPSA) is 52.6 Å². The van der Waals surface area contributed by atoms with Crippen LogP contribution >= 0.6 is 0 Å². The van der Waals surface area contributed by atoms with Gasteiger partial charge in [-0.25, -0.2) is 13.6 Å². The van der Waals surface area contributed by atoms with Crippen LogP contribution < -0.4 is 0 Å². The van der Waals surface area contributed by atoms with Gasteiger partial charge in [0.1, 0.15) is 23.5 Å². The summed E-state index contributed by atoms with van der Waals surface area (Å²) in [5, 5.41) is 0. The monoisotopic (exact) mass is 284 g/mol. The Kier molecular flexibility index (Phi) is 5.83. The first-order chi connectivity index (χ1) is 9.51. The second kappa shape index (κ2) is 7.37. The molecule has 1 aromatic carbocycles. The summed E-state index contributed by atoms with van der Waals surface area (Å²) < 4.78 is 36.0. The molecule has 6 heteroatoms. The molecule has 0 N–H and O–H groups in total. The van der Waals surface area contributed by atoms with Gasteiger partial charge in [-0.1, -0.05) is 0 Å². The molecule has 108 valence electrons. The van der Waals surface area contributed by atoms with Gasteiger partial charge in [0.2, 0.25) is 5.78 Å². The lowest BCUT2D eigenvalue weighted by atomic mass is 10.0. The number of benzene rings is 1. The molecule has 0 spiro atoms. The Labute approximate surface area is 115 Å². The maximum absolute atomic E-state index is 13.6. The zero-order valence-electron chi connectivity index (χ0n) is 11.1. The number of ketones is 1. The zero-order chi connectivity index (χ0) is 15.1. The molecule has 0 aliphatic heterocycles. The zero-order valence-corrected chi connectivity index (χ0v) is 11.1. The van der Waals surface area contributed by atoms with Crippen LogP contribution in [0.15, 0.2) is 30.0 Å². The molecule has 0 heterocycles. The van der Waals surface area contributed by atoms with Gasteiger partial charge in [0.25, 0.3) is 0 Å². The average molecular weight is 284 g/mol. The van der Waals surface area contributed by atoms with E-state index in [1.54, 1.807) is 13.8 Å². The number of esters is 1. The van der Waals surface area contributed by atoms with Crippen molar-refractivity contribution >= 4 is 11.8 Å². The predicted octanol–water partition coefficient (Wildman–Crippen LogP) is 2.63. The van der Waals surface area contributed by atoms with Crippen molar-refractivity contribution in [3.05, 3.63) is 47.2 Å². The predicted molar refractivity (Wildman–Crippen MR) is 67.0 cm³/mol. The van der Waals surface area contributed by atoms with E-state index in [-0.39, 0.29) is 13.2 Å². The number of rotatable bonds is 6. The minimum absolute atomic E-state index is 0.0570. The molecule has 0 radical (unpaired) electrons. The van der Waals surface area contributed by atoms with Crippen molar-refractivity contribution in [1.82, 2.24) is 0 Å². The van der Waals surface area contributed by atoms with Crippen molar-refractivity contribution in [2.24, 2.45) is 0 Å². The minimum Gasteiger partial charge on any atom is -0.500 e. The van der Waals surface area contributed by atoms with E-state index in [0.29, 0.717) is 6.07 Å². The molecule has 0 bridgehead atoms. The second-order valence-corrected chi connectivity index (χ2v) is 3.66. The van der Waals surface area contributed by atoms with Gasteiger partial charge >= 0.3 is 5.97 Å². The van der Waals surface area contributed by atoms with Gasteiger partial charge in [-0.15, -0.1) is 0 Å². The number of halogens is 2. The van der Waals surface area contributed by atoms with Gasteiger partial charge in [-0.3, -0.25) is 4.79 Å². The Balaban J connectivity index is 3.13. The molecule has 0 aliphatic carbocycles. The fraction of sp³-hybridized carbons (Fsp3) is 0.286. The summed E-state index contributed by atoms with van der Waals surface area (Å²) in [5.74, 6) is -3.71. The van der Waals surface area contributed by atoms with Crippen molar-refractivity contribution in [2.75, 3.05) is 13.2 Å². The standard InChI is InChI=1S/C14H14F2O4/c1-3-19-8-11(14(18)20-4-2)13(17)10-6-5-9(15)7-12(10)16/h5-8H,3-4H2,1-2H3/b11-8-. The van der Waals surface area contributed by atoms with Gasteiger partial charge in [0.15, 0.2) is 0 Å². The summed E-state index contributed by atoms with van der Waals surface area (Å²) >= 11 is 0. The minimum atomic E-state index is -1.05. The van der Waals surface area contributed by atoms with Crippen LogP contribution in [-0.4, -0.2) is 25.0 Å². The molecule has 4 nitrogen and oxygen atoms in total. The average Bonchev–Trinajstić information content (AvgIpc) is 2.39. The van der Waals surface area contributed by atoms with Gasteiger partial charge < -0.3 is 9.47 Å². The van der Waals surface area contributed by atoms with Crippen LogP contribution in [-0.2, 0) is 14.3 Å². The molecule has 0 saturated heterocycles. The van der Waals surface area contributed by atoms with Crippen LogP contribution in [0.2, 0.25) is 0 Å². The van der Waals surface area contributed by atoms with E-state index >= 15 is 0 Å². The highest BCUT2D eigenvalue weighted by atomic mass is 19.1. The highest BCUT2D eigenvalue weighted by molar-refractivity contribution is 6.24. The third-order valence-electron chi connectivity index (χ3n) is 2.28. The summed E-state index contributed by atoms with van der Waals surface area (Å²) in [7, 11) is 0. The Bertz CT molecular complexity index is 538. The summed E-state index contributed by atoms with van der Waals surface area (Å²) in [6, 6.07) is 2.46. The van der Waals surface area contributed by atoms with Crippen LogP contribution in [0.3, 0.4) is 0 Å². The van der Waals surface area contributed by atoms with E-state index in [1.807, 2.05) is 0 Å². The van der Waals surface area contributed by atoms with Gasteiger partial charge in [0, 0.05) is 6.07 Å². The third kappa shape index (κ3) is 3.88. The van der Waals surface area contributed by atoms with Crippen molar-refractivity contribution in [2.45, 2.75) is 13.8 Å². The molecule has 1 aromatic rings. The first-order valence-electron chi connectivity index (χ1n) is 5.99. The maximum Gasteiger partial charge on any atom is 0.345 e. The molecular weight excluding hydrogens is 270 g/mol. The van der Waals surface area contributed by atoms with Crippen LogP contribution in [0, 0.1) is 11.6 Å². The van der Waals surface area contributed by atoms with E-state index < -0.39 is 34.5 Å². The molecule has 0 atom stereocenters. The fourth-order valence-electron chi connectivity index (χ4n) is 1.39. The second-order valence-electron chi connectivity index (χ2n) is 3.66. The number of carbonyl (C=O) groups is 2. The van der Waals surface area contributed by atoms with Crippen LogP contribution in [0.4, 0.5) is 8.78 Å². The molecule has 0 unspecified atom stereocenters. The summed E-state index contributed by atoms with van der Waals surface area (Å²) in [6.07, 6.45) is 0.920. The van der Waals surface area contributed by atoms with Gasteiger partial charge in [-0.2, -0.15) is 0 Å². The first kappa shape index (κ1) is 15.8. The van der Waals surface area contributed by atoms with E-state index in [1.165, 1.54) is 0 Å². The normalized spacial score (nSPS) is 11.1. The summed E-state index contributed by atoms with van der Waals surface area (Å²) in [4.78, 5) is 23.7. The van der Waals surface area contributed by atoms with Gasteiger partial charge in [0.05, 0.1) is 18.8 Å².